The molecule has 1 heterocycles. The summed E-state index contributed by atoms with van der Waals surface area (Å²) in [6.45, 7) is 8.31. The SMILES string of the molecule is Cc1c(C(=O)NC(CCBr)C(C)(C)C)cnn1C. The Hall–Kier alpha value is -0.840. The van der Waals surface area contributed by atoms with E-state index in [-0.39, 0.29) is 17.4 Å². The second kappa shape index (κ2) is 5.87. The molecule has 0 aliphatic heterocycles. The standard InChI is InChI=1S/C13H22BrN3O/c1-9-10(8-15-17(9)5)12(18)16-11(6-7-14)13(2,3)4/h8,11H,6-7H2,1-5H3,(H,16,18). The molecule has 0 spiro atoms. The van der Waals surface area contributed by atoms with Crippen LogP contribution in [0.3, 0.4) is 0 Å². The van der Waals surface area contributed by atoms with Gasteiger partial charge in [-0.05, 0) is 18.8 Å². The average Bonchev–Trinajstić information content (AvgIpc) is 2.58. The van der Waals surface area contributed by atoms with Crippen molar-refractivity contribution in [2.45, 2.75) is 40.2 Å². The molecule has 1 N–H and O–H groups in total. The van der Waals surface area contributed by atoms with Crippen molar-refractivity contribution in [3.63, 3.8) is 0 Å². The molecule has 1 aromatic rings. The summed E-state index contributed by atoms with van der Waals surface area (Å²) in [6, 6.07) is 0.143. The van der Waals surface area contributed by atoms with Crippen LogP contribution in [0.15, 0.2) is 6.20 Å². The number of aryl methyl sites for hydroxylation is 1. The Morgan fingerprint density at radius 1 is 1.56 bits per heavy atom. The molecule has 1 rings (SSSR count). The fraction of sp³-hybridized carbons (Fsp3) is 0.692. The van der Waals surface area contributed by atoms with E-state index in [1.807, 2.05) is 14.0 Å². The minimum atomic E-state index is -0.0403. The second-order valence-electron chi connectivity index (χ2n) is 5.64. The molecule has 18 heavy (non-hydrogen) atoms. The van der Waals surface area contributed by atoms with E-state index in [4.69, 9.17) is 0 Å². The van der Waals surface area contributed by atoms with Gasteiger partial charge in [-0.2, -0.15) is 5.10 Å². The zero-order valence-electron chi connectivity index (χ0n) is 11.7. The second-order valence-corrected chi connectivity index (χ2v) is 6.43. The lowest BCUT2D eigenvalue weighted by Gasteiger charge is -2.31. The van der Waals surface area contributed by atoms with E-state index in [1.54, 1.807) is 10.9 Å². The van der Waals surface area contributed by atoms with Gasteiger partial charge in [0, 0.05) is 24.1 Å². The Kier molecular flexibility index (Phi) is 4.96. The number of rotatable bonds is 4. The summed E-state index contributed by atoms with van der Waals surface area (Å²) in [6.07, 6.45) is 2.53. The Balaban J connectivity index is 2.82. The van der Waals surface area contributed by atoms with Crippen LogP contribution in [0.25, 0.3) is 0 Å². The first kappa shape index (κ1) is 15.2. The first-order chi connectivity index (χ1) is 8.27. The molecule has 0 aliphatic rings. The molecular formula is C13H22BrN3O. The number of aromatic nitrogens is 2. The van der Waals surface area contributed by atoms with Crippen LogP contribution in [0, 0.1) is 12.3 Å². The predicted octanol–water partition coefficient (Wildman–Crippen LogP) is 2.66. The minimum Gasteiger partial charge on any atom is -0.349 e. The topological polar surface area (TPSA) is 46.9 Å². The number of hydrogen-bond acceptors (Lipinski definition) is 2. The van der Waals surface area contributed by atoms with Gasteiger partial charge in [0.2, 0.25) is 0 Å². The summed E-state index contributed by atoms with van der Waals surface area (Å²) in [7, 11) is 1.84. The fourth-order valence-corrected chi connectivity index (χ4v) is 2.25. The van der Waals surface area contributed by atoms with Gasteiger partial charge in [0.25, 0.3) is 5.91 Å². The molecule has 0 radical (unpaired) electrons. The van der Waals surface area contributed by atoms with Crippen LogP contribution >= 0.6 is 15.9 Å². The van der Waals surface area contributed by atoms with E-state index in [0.717, 1.165) is 17.4 Å². The van der Waals surface area contributed by atoms with Crippen LogP contribution in [0.4, 0.5) is 0 Å². The van der Waals surface area contributed by atoms with Gasteiger partial charge in [-0.25, -0.2) is 0 Å². The zero-order valence-corrected chi connectivity index (χ0v) is 13.3. The third-order valence-electron chi connectivity index (χ3n) is 3.23. The van der Waals surface area contributed by atoms with Crippen molar-refractivity contribution in [2.24, 2.45) is 12.5 Å². The van der Waals surface area contributed by atoms with E-state index in [0.29, 0.717) is 5.56 Å². The maximum absolute atomic E-state index is 12.2. The molecule has 102 valence electrons. The zero-order chi connectivity index (χ0) is 13.9. The van der Waals surface area contributed by atoms with Gasteiger partial charge >= 0.3 is 0 Å². The fourth-order valence-electron chi connectivity index (χ4n) is 1.79. The lowest BCUT2D eigenvalue weighted by Crippen LogP contribution is -2.44. The number of nitrogens with one attached hydrogen (secondary N) is 1. The van der Waals surface area contributed by atoms with Gasteiger partial charge in [-0.1, -0.05) is 36.7 Å². The van der Waals surface area contributed by atoms with Gasteiger partial charge in [0.1, 0.15) is 0 Å². The molecule has 4 nitrogen and oxygen atoms in total. The summed E-state index contributed by atoms with van der Waals surface area (Å²) in [4.78, 5) is 12.2. The van der Waals surface area contributed by atoms with Crippen molar-refractivity contribution in [1.29, 1.82) is 0 Å². The van der Waals surface area contributed by atoms with Gasteiger partial charge in [0.05, 0.1) is 11.8 Å². The summed E-state index contributed by atoms with van der Waals surface area (Å²) in [5.41, 5.74) is 1.58. The van der Waals surface area contributed by atoms with E-state index < -0.39 is 0 Å². The highest BCUT2D eigenvalue weighted by molar-refractivity contribution is 9.09. The molecule has 0 saturated carbocycles. The molecule has 0 aliphatic carbocycles. The quantitative estimate of drug-likeness (QED) is 0.868. The Labute approximate surface area is 117 Å². The lowest BCUT2D eigenvalue weighted by molar-refractivity contribution is 0.0900. The van der Waals surface area contributed by atoms with Gasteiger partial charge in [0.15, 0.2) is 0 Å². The van der Waals surface area contributed by atoms with Crippen molar-refractivity contribution in [3.8, 4) is 0 Å². The number of carbonyl (C=O) groups is 1. The first-order valence-electron chi connectivity index (χ1n) is 6.12. The molecule has 5 heteroatoms. The molecule has 1 unspecified atom stereocenters. The van der Waals surface area contributed by atoms with Crippen LogP contribution in [-0.4, -0.2) is 27.1 Å². The molecule has 0 bridgehead atoms. The van der Waals surface area contributed by atoms with E-state index >= 15 is 0 Å². The molecule has 1 amide bonds. The number of nitrogens with zero attached hydrogens (tertiary/aromatic N) is 2. The predicted molar refractivity (Wildman–Crippen MR) is 77.1 cm³/mol. The number of carbonyl (C=O) groups excluding carboxylic acids is 1. The molecular weight excluding hydrogens is 294 g/mol. The third kappa shape index (κ3) is 3.57. The minimum absolute atomic E-state index is 0.0403. The molecule has 1 aromatic heterocycles. The molecule has 0 fully saturated rings. The smallest absolute Gasteiger partial charge is 0.254 e. The molecule has 0 saturated heterocycles. The van der Waals surface area contributed by atoms with Crippen molar-refractivity contribution >= 4 is 21.8 Å². The normalized spacial score (nSPS) is 13.4. The Morgan fingerprint density at radius 3 is 2.56 bits per heavy atom. The number of amides is 1. The highest BCUT2D eigenvalue weighted by atomic mass is 79.9. The summed E-state index contributed by atoms with van der Waals surface area (Å²) in [5.74, 6) is -0.0403. The average molecular weight is 316 g/mol. The van der Waals surface area contributed by atoms with Gasteiger partial charge < -0.3 is 5.32 Å². The number of hydrogen-bond donors (Lipinski definition) is 1. The third-order valence-corrected chi connectivity index (χ3v) is 3.69. The highest BCUT2D eigenvalue weighted by Gasteiger charge is 2.26. The lowest BCUT2D eigenvalue weighted by atomic mass is 9.85. The Morgan fingerprint density at radius 2 is 2.17 bits per heavy atom. The molecule has 0 aromatic carbocycles. The van der Waals surface area contributed by atoms with Crippen molar-refractivity contribution in [3.05, 3.63) is 17.5 Å². The van der Waals surface area contributed by atoms with Crippen molar-refractivity contribution in [1.82, 2.24) is 15.1 Å². The monoisotopic (exact) mass is 315 g/mol. The van der Waals surface area contributed by atoms with Crippen molar-refractivity contribution in [2.75, 3.05) is 5.33 Å². The van der Waals surface area contributed by atoms with Gasteiger partial charge in [-0.15, -0.1) is 0 Å². The Bertz CT molecular complexity index is 420. The molecule has 1 atom stereocenters. The first-order valence-corrected chi connectivity index (χ1v) is 7.25. The van der Waals surface area contributed by atoms with E-state index in [2.05, 4.69) is 47.1 Å². The summed E-state index contributed by atoms with van der Waals surface area (Å²) < 4.78 is 1.71. The van der Waals surface area contributed by atoms with Crippen LogP contribution < -0.4 is 5.32 Å². The maximum Gasteiger partial charge on any atom is 0.254 e. The van der Waals surface area contributed by atoms with E-state index in [9.17, 15) is 4.79 Å². The number of halogens is 1. The summed E-state index contributed by atoms with van der Waals surface area (Å²) in [5, 5.41) is 8.08. The van der Waals surface area contributed by atoms with Crippen LogP contribution in [0.2, 0.25) is 0 Å². The van der Waals surface area contributed by atoms with Crippen LogP contribution in [0.5, 0.6) is 0 Å². The van der Waals surface area contributed by atoms with E-state index in [1.165, 1.54) is 0 Å². The number of alkyl halides is 1. The van der Waals surface area contributed by atoms with Crippen molar-refractivity contribution < 1.29 is 4.79 Å². The summed E-state index contributed by atoms with van der Waals surface area (Å²) >= 11 is 3.44. The van der Waals surface area contributed by atoms with Crippen LogP contribution in [-0.2, 0) is 7.05 Å². The largest absolute Gasteiger partial charge is 0.349 e. The van der Waals surface area contributed by atoms with Gasteiger partial charge in [-0.3, -0.25) is 9.48 Å². The highest BCUT2D eigenvalue weighted by Crippen LogP contribution is 2.23. The van der Waals surface area contributed by atoms with Crippen LogP contribution in [0.1, 0.15) is 43.2 Å². The maximum atomic E-state index is 12.2.